The number of halogens is 1. The average Bonchev–Trinajstić information content (AvgIpc) is 3.14. The van der Waals surface area contributed by atoms with Crippen LogP contribution in [0.25, 0.3) is 0 Å². The summed E-state index contributed by atoms with van der Waals surface area (Å²) in [6, 6.07) is 12.1. The van der Waals surface area contributed by atoms with Crippen LogP contribution >= 0.6 is 11.3 Å². The topological polar surface area (TPSA) is 85.5 Å². The molecule has 0 aliphatic rings. The predicted octanol–water partition coefficient (Wildman–Crippen LogP) is 3.40. The Morgan fingerprint density at radius 2 is 1.97 bits per heavy atom. The molecule has 1 unspecified atom stereocenters. The molecule has 2 aromatic carbocycles. The Morgan fingerprint density at radius 1 is 1.23 bits per heavy atom. The monoisotopic (exact) mass is 427 g/mol. The van der Waals surface area contributed by atoms with Gasteiger partial charge in [0.05, 0.1) is 12.1 Å². The molecule has 1 heterocycles. The van der Waals surface area contributed by atoms with Gasteiger partial charge in [0.2, 0.25) is 11.8 Å². The van der Waals surface area contributed by atoms with Crippen molar-refractivity contribution < 1.29 is 18.7 Å². The van der Waals surface area contributed by atoms with Crippen molar-refractivity contribution in [1.29, 1.82) is 0 Å². The van der Waals surface area contributed by atoms with Crippen LogP contribution in [0.2, 0.25) is 0 Å². The molecule has 6 nitrogen and oxygen atoms in total. The van der Waals surface area contributed by atoms with E-state index in [2.05, 4.69) is 4.98 Å². The summed E-state index contributed by atoms with van der Waals surface area (Å²) >= 11 is 1.39. The lowest BCUT2D eigenvalue weighted by Gasteiger charge is -2.26. The maximum Gasteiger partial charge on any atom is 0.244 e. The molecule has 0 spiro atoms. The Morgan fingerprint density at radius 3 is 2.63 bits per heavy atom. The highest BCUT2D eigenvalue weighted by molar-refractivity contribution is 7.09. The van der Waals surface area contributed by atoms with Crippen molar-refractivity contribution >= 4 is 23.2 Å². The molecule has 0 saturated carbocycles. The van der Waals surface area contributed by atoms with Crippen LogP contribution in [0.3, 0.4) is 0 Å². The molecular weight excluding hydrogens is 405 g/mol. The molecule has 0 bridgehead atoms. The molecule has 0 aliphatic carbocycles. The fourth-order valence-electron chi connectivity index (χ4n) is 2.96. The SMILES string of the molecule is Cc1ccc(OCc2nc(CC(=O)N(C)C(C(N)=O)c3cccc(F)c3)cs2)cc1. The van der Waals surface area contributed by atoms with E-state index in [4.69, 9.17) is 10.5 Å². The second-order valence-electron chi connectivity index (χ2n) is 6.88. The summed E-state index contributed by atoms with van der Waals surface area (Å²) in [4.78, 5) is 30.3. The van der Waals surface area contributed by atoms with Crippen molar-refractivity contribution in [2.75, 3.05) is 7.05 Å². The van der Waals surface area contributed by atoms with Gasteiger partial charge < -0.3 is 15.4 Å². The molecular formula is C22H22FN3O3S. The molecule has 156 valence electrons. The lowest BCUT2D eigenvalue weighted by Crippen LogP contribution is -2.40. The second-order valence-corrected chi connectivity index (χ2v) is 7.82. The van der Waals surface area contributed by atoms with E-state index in [9.17, 15) is 14.0 Å². The number of ether oxygens (including phenoxy) is 1. The number of carbonyl (C=O) groups is 2. The Kier molecular flexibility index (Phi) is 6.79. The van der Waals surface area contributed by atoms with Gasteiger partial charge in [0.15, 0.2) is 0 Å². The zero-order valence-corrected chi connectivity index (χ0v) is 17.5. The van der Waals surface area contributed by atoms with E-state index < -0.39 is 17.8 Å². The first-order valence-corrected chi connectivity index (χ1v) is 10.1. The van der Waals surface area contributed by atoms with Crippen molar-refractivity contribution in [1.82, 2.24) is 9.88 Å². The summed E-state index contributed by atoms with van der Waals surface area (Å²) < 4.78 is 19.3. The minimum atomic E-state index is -1.06. The van der Waals surface area contributed by atoms with Crippen molar-refractivity contribution in [3.05, 3.63) is 81.6 Å². The van der Waals surface area contributed by atoms with Crippen molar-refractivity contribution in [3.63, 3.8) is 0 Å². The highest BCUT2D eigenvalue weighted by Crippen LogP contribution is 2.22. The third-order valence-electron chi connectivity index (χ3n) is 4.53. The van der Waals surface area contributed by atoms with Crippen molar-refractivity contribution in [2.24, 2.45) is 5.73 Å². The normalized spacial score (nSPS) is 11.7. The molecule has 1 atom stereocenters. The van der Waals surface area contributed by atoms with Crippen LogP contribution in [0.5, 0.6) is 5.75 Å². The van der Waals surface area contributed by atoms with E-state index in [1.54, 1.807) is 11.4 Å². The van der Waals surface area contributed by atoms with Gasteiger partial charge in [-0.1, -0.05) is 29.8 Å². The van der Waals surface area contributed by atoms with E-state index in [1.807, 2.05) is 31.2 Å². The molecule has 30 heavy (non-hydrogen) atoms. The smallest absolute Gasteiger partial charge is 0.244 e. The minimum Gasteiger partial charge on any atom is -0.486 e. The molecule has 2 amide bonds. The molecule has 0 saturated heterocycles. The van der Waals surface area contributed by atoms with Crippen LogP contribution in [-0.2, 0) is 22.6 Å². The van der Waals surface area contributed by atoms with E-state index in [-0.39, 0.29) is 12.3 Å². The van der Waals surface area contributed by atoms with Crippen LogP contribution < -0.4 is 10.5 Å². The first-order valence-electron chi connectivity index (χ1n) is 9.26. The van der Waals surface area contributed by atoms with Gasteiger partial charge in [0.1, 0.15) is 29.2 Å². The van der Waals surface area contributed by atoms with Gasteiger partial charge in [-0.3, -0.25) is 9.59 Å². The van der Waals surface area contributed by atoms with Gasteiger partial charge in [-0.25, -0.2) is 9.37 Å². The van der Waals surface area contributed by atoms with Crippen LogP contribution in [0.15, 0.2) is 53.9 Å². The zero-order valence-electron chi connectivity index (χ0n) is 16.7. The summed E-state index contributed by atoms with van der Waals surface area (Å²) in [5.41, 5.74) is 7.52. The van der Waals surface area contributed by atoms with E-state index >= 15 is 0 Å². The highest BCUT2D eigenvalue weighted by Gasteiger charge is 2.27. The molecule has 0 radical (unpaired) electrons. The maximum atomic E-state index is 13.5. The van der Waals surface area contributed by atoms with Crippen molar-refractivity contribution in [2.45, 2.75) is 26.0 Å². The highest BCUT2D eigenvalue weighted by atomic mass is 32.1. The lowest BCUT2D eigenvalue weighted by atomic mass is 10.0. The second kappa shape index (κ2) is 9.49. The fraction of sp³-hybridized carbons (Fsp3) is 0.227. The third-order valence-corrected chi connectivity index (χ3v) is 5.40. The third kappa shape index (κ3) is 5.42. The molecule has 2 N–H and O–H groups in total. The first kappa shape index (κ1) is 21.4. The summed E-state index contributed by atoms with van der Waals surface area (Å²) in [7, 11) is 1.47. The standard InChI is InChI=1S/C22H22FN3O3S/c1-14-6-8-18(9-7-14)29-12-19-25-17(13-30-19)11-20(27)26(2)21(22(24)28)15-4-3-5-16(23)10-15/h3-10,13,21H,11-12H2,1-2H3,(H2,24,28). The number of hydrogen-bond acceptors (Lipinski definition) is 5. The Hall–Kier alpha value is -3.26. The number of aryl methyl sites for hydroxylation is 1. The lowest BCUT2D eigenvalue weighted by molar-refractivity contribution is -0.137. The molecule has 1 aromatic heterocycles. The predicted molar refractivity (Wildman–Crippen MR) is 112 cm³/mol. The molecule has 3 aromatic rings. The van der Waals surface area contributed by atoms with Gasteiger partial charge in [0.25, 0.3) is 0 Å². The van der Waals surface area contributed by atoms with E-state index in [1.165, 1.54) is 41.5 Å². The van der Waals surface area contributed by atoms with Gasteiger partial charge >= 0.3 is 0 Å². The number of primary amides is 1. The van der Waals surface area contributed by atoms with Crippen molar-refractivity contribution in [3.8, 4) is 5.75 Å². The van der Waals surface area contributed by atoms with Crippen LogP contribution in [0.1, 0.15) is 27.9 Å². The van der Waals surface area contributed by atoms with Gasteiger partial charge in [-0.05, 0) is 36.8 Å². The fourth-order valence-corrected chi connectivity index (χ4v) is 3.66. The molecule has 3 rings (SSSR count). The van der Waals surface area contributed by atoms with Gasteiger partial charge in [0, 0.05) is 12.4 Å². The maximum absolute atomic E-state index is 13.5. The van der Waals surface area contributed by atoms with E-state index in [0.29, 0.717) is 17.9 Å². The number of benzene rings is 2. The summed E-state index contributed by atoms with van der Waals surface area (Å²) in [5.74, 6) is -0.842. The number of aromatic nitrogens is 1. The van der Waals surface area contributed by atoms with Gasteiger partial charge in [-0.15, -0.1) is 11.3 Å². The number of amides is 2. The Bertz CT molecular complexity index is 1040. The number of rotatable bonds is 8. The number of thiazole rings is 1. The first-order chi connectivity index (χ1) is 14.3. The zero-order chi connectivity index (χ0) is 21.7. The molecule has 0 aliphatic heterocycles. The van der Waals surface area contributed by atoms with Gasteiger partial charge in [-0.2, -0.15) is 0 Å². The summed E-state index contributed by atoms with van der Waals surface area (Å²) in [6.45, 7) is 2.30. The Labute approximate surface area is 178 Å². The van der Waals surface area contributed by atoms with E-state index in [0.717, 1.165) is 16.3 Å². The average molecular weight is 428 g/mol. The number of likely N-dealkylation sites (N-methyl/N-ethyl adjacent to an activating group) is 1. The van der Waals surface area contributed by atoms with Crippen LogP contribution in [0, 0.1) is 12.7 Å². The largest absolute Gasteiger partial charge is 0.486 e. The summed E-state index contributed by atoms with van der Waals surface area (Å²) in [6.07, 6.45) is -0.00335. The van der Waals surface area contributed by atoms with Crippen LogP contribution in [-0.4, -0.2) is 28.7 Å². The van der Waals surface area contributed by atoms with Crippen LogP contribution in [0.4, 0.5) is 4.39 Å². The number of carbonyl (C=O) groups excluding carboxylic acids is 2. The number of hydrogen-bond donors (Lipinski definition) is 1. The Balaban J connectivity index is 1.63. The quantitative estimate of drug-likeness (QED) is 0.597. The number of nitrogens with zero attached hydrogens (tertiary/aromatic N) is 2. The summed E-state index contributed by atoms with van der Waals surface area (Å²) in [5, 5.41) is 2.51. The molecule has 0 fully saturated rings. The molecule has 8 heteroatoms. The minimum absolute atomic E-state index is 0.00335. The number of nitrogens with two attached hydrogens (primary N) is 1.